The molecule has 2 heterocycles. The molecule has 0 bridgehead atoms. The highest BCUT2D eigenvalue weighted by Crippen LogP contribution is 2.37. The van der Waals surface area contributed by atoms with Gasteiger partial charge in [0, 0.05) is 24.8 Å². The fraction of sp³-hybridized carbons (Fsp3) is 0.357. The number of nitrogen functional groups attached to an aromatic ring is 1. The van der Waals surface area contributed by atoms with E-state index in [2.05, 4.69) is 5.10 Å². The van der Waals surface area contributed by atoms with Crippen molar-refractivity contribution in [3.05, 3.63) is 35.2 Å². The molecule has 2 N–H and O–H groups in total. The zero-order valence-electron chi connectivity index (χ0n) is 12.3. The van der Waals surface area contributed by atoms with Crippen LogP contribution in [-0.2, 0) is 23.5 Å². The molecule has 1 aromatic heterocycles. The van der Waals surface area contributed by atoms with Gasteiger partial charge in [-0.3, -0.25) is 8.99 Å². The second-order valence-corrected chi connectivity index (χ2v) is 7.09. The molecular weight excluding hydrogens is 288 g/mol. The summed E-state index contributed by atoms with van der Waals surface area (Å²) in [4.78, 5) is 0.292. The van der Waals surface area contributed by atoms with E-state index in [-0.39, 0.29) is 0 Å². The Labute approximate surface area is 124 Å². The molecule has 21 heavy (non-hydrogen) atoms. The molecule has 1 aliphatic heterocycles. The summed E-state index contributed by atoms with van der Waals surface area (Å²) in [5, 5.41) is 4.21. The molecule has 0 fully saturated rings. The summed E-state index contributed by atoms with van der Waals surface area (Å²) < 4.78 is 29.0. The van der Waals surface area contributed by atoms with Crippen LogP contribution < -0.4 is 10.0 Å². The van der Waals surface area contributed by atoms with E-state index in [0.717, 1.165) is 5.56 Å². The largest absolute Gasteiger partial charge is 0.398 e. The van der Waals surface area contributed by atoms with Crippen LogP contribution in [0.1, 0.15) is 17.0 Å². The van der Waals surface area contributed by atoms with Crippen molar-refractivity contribution < 1.29 is 8.42 Å². The number of nitrogens with two attached hydrogens (primary N) is 1. The minimum Gasteiger partial charge on any atom is -0.398 e. The normalized spacial score (nSPS) is 14.5. The zero-order valence-corrected chi connectivity index (χ0v) is 13.1. The van der Waals surface area contributed by atoms with Crippen LogP contribution in [0.5, 0.6) is 0 Å². The molecule has 0 radical (unpaired) electrons. The second-order valence-electron chi connectivity index (χ2n) is 5.30. The third-order valence-electron chi connectivity index (χ3n) is 4.01. The van der Waals surface area contributed by atoms with Gasteiger partial charge in [-0.15, -0.1) is 0 Å². The smallest absolute Gasteiger partial charge is 0.268 e. The molecule has 0 saturated heterocycles. The number of nitrogens with zero attached hydrogens (tertiary/aromatic N) is 3. The number of rotatable bonds is 2. The minimum atomic E-state index is -3.61. The first-order valence-electron chi connectivity index (χ1n) is 6.74. The van der Waals surface area contributed by atoms with Gasteiger partial charge < -0.3 is 5.73 Å². The molecule has 1 aliphatic rings. The van der Waals surface area contributed by atoms with Crippen molar-refractivity contribution in [2.24, 2.45) is 7.05 Å². The monoisotopic (exact) mass is 306 g/mol. The first kappa shape index (κ1) is 13.9. The van der Waals surface area contributed by atoms with Crippen LogP contribution >= 0.6 is 0 Å². The fourth-order valence-electron chi connectivity index (χ4n) is 2.92. The number of aryl methyl sites for hydroxylation is 2. The summed E-state index contributed by atoms with van der Waals surface area (Å²) in [6.45, 7) is 3.90. The molecule has 0 amide bonds. The first-order chi connectivity index (χ1) is 9.84. The summed E-state index contributed by atoms with van der Waals surface area (Å²) in [5.41, 5.74) is 9.33. The van der Waals surface area contributed by atoms with Crippen LogP contribution in [0.15, 0.2) is 23.1 Å². The predicted octanol–water partition coefficient (Wildman–Crippen LogP) is 1.37. The van der Waals surface area contributed by atoms with E-state index in [1.807, 2.05) is 0 Å². The third kappa shape index (κ3) is 1.91. The standard InChI is InChI=1S/C14H18N4O2S/c1-9-14(10(2)17(3)16-9)21(19,20)18-8-7-11-12(15)5-4-6-13(11)18/h4-6H,7-8,15H2,1-3H3. The molecule has 6 nitrogen and oxygen atoms in total. The molecule has 0 spiro atoms. The topological polar surface area (TPSA) is 81.2 Å². The molecular formula is C14H18N4O2S. The van der Waals surface area contributed by atoms with E-state index in [4.69, 9.17) is 5.73 Å². The van der Waals surface area contributed by atoms with Crippen molar-refractivity contribution in [1.82, 2.24) is 9.78 Å². The Hall–Kier alpha value is -2.02. The summed E-state index contributed by atoms with van der Waals surface area (Å²) in [5.74, 6) is 0. The number of hydrogen-bond acceptors (Lipinski definition) is 4. The molecule has 7 heteroatoms. The summed E-state index contributed by atoms with van der Waals surface area (Å²) in [6, 6.07) is 5.39. The molecule has 0 aliphatic carbocycles. The van der Waals surface area contributed by atoms with E-state index in [9.17, 15) is 8.42 Å². The average molecular weight is 306 g/mol. The first-order valence-corrected chi connectivity index (χ1v) is 8.18. The van der Waals surface area contributed by atoms with Gasteiger partial charge in [0.05, 0.1) is 17.1 Å². The van der Waals surface area contributed by atoms with E-state index >= 15 is 0 Å². The number of hydrogen-bond donors (Lipinski definition) is 1. The van der Waals surface area contributed by atoms with Crippen LogP contribution in [0.2, 0.25) is 0 Å². The lowest BCUT2D eigenvalue weighted by molar-refractivity contribution is 0.590. The lowest BCUT2D eigenvalue weighted by Crippen LogP contribution is -2.30. The molecule has 112 valence electrons. The minimum absolute atomic E-state index is 0.292. The van der Waals surface area contributed by atoms with Crippen molar-refractivity contribution in [2.45, 2.75) is 25.2 Å². The number of aromatic nitrogens is 2. The lowest BCUT2D eigenvalue weighted by atomic mass is 10.1. The molecule has 3 rings (SSSR count). The van der Waals surface area contributed by atoms with Crippen molar-refractivity contribution in [2.75, 3.05) is 16.6 Å². The highest BCUT2D eigenvalue weighted by molar-refractivity contribution is 7.93. The Balaban J connectivity index is 2.16. The maximum absolute atomic E-state index is 13.0. The van der Waals surface area contributed by atoms with Gasteiger partial charge >= 0.3 is 0 Å². The van der Waals surface area contributed by atoms with Gasteiger partial charge in [0.25, 0.3) is 10.0 Å². The highest BCUT2D eigenvalue weighted by Gasteiger charge is 2.35. The maximum Gasteiger partial charge on any atom is 0.268 e. The van der Waals surface area contributed by atoms with Crippen LogP contribution in [0, 0.1) is 13.8 Å². The van der Waals surface area contributed by atoms with Gasteiger partial charge in [-0.2, -0.15) is 5.10 Å². The van der Waals surface area contributed by atoms with E-state index < -0.39 is 10.0 Å². The maximum atomic E-state index is 13.0. The Morgan fingerprint density at radius 1 is 1.29 bits per heavy atom. The van der Waals surface area contributed by atoms with Crippen molar-refractivity contribution in [3.8, 4) is 0 Å². The molecule has 2 aromatic rings. The molecule has 1 aromatic carbocycles. The second kappa shape index (κ2) is 4.49. The Kier molecular flexibility index (Phi) is 2.98. The Morgan fingerprint density at radius 3 is 2.62 bits per heavy atom. The number of fused-ring (bicyclic) bond motifs is 1. The van der Waals surface area contributed by atoms with E-state index in [1.54, 1.807) is 43.8 Å². The van der Waals surface area contributed by atoms with E-state index in [1.165, 1.54) is 4.31 Å². The third-order valence-corrected chi connectivity index (χ3v) is 6.08. The van der Waals surface area contributed by atoms with Crippen molar-refractivity contribution in [1.29, 1.82) is 0 Å². The summed E-state index contributed by atoms with van der Waals surface area (Å²) in [6.07, 6.45) is 0.638. The van der Waals surface area contributed by atoms with Gasteiger partial charge in [-0.05, 0) is 32.4 Å². The van der Waals surface area contributed by atoms with E-state index in [0.29, 0.717) is 40.6 Å². The van der Waals surface area contributed by atoms with Gasteiger partial charge in [0.15, 0.2) is 0 Å². The van der Waals surface area contributed by atoms with Gasteiger partial charge in [-0.1, -0.05) is 6.07 Å². The quantitative estimate of drug-likeness (QED) is 0.850. The van der Waals surface area contributed by atoms with Gasteiger partial charge in [0.1, 0.15) is 4.90 Å². The predicted molar refractivity (Wildman–Crippen MR) is 81.8 cm³/mol. The highest BCUT2D eigenvalue weighted by atomic mass is 32.2. The number of sulfonamides is 1. The van der Waals surface area contributed by atoms with Gasteiger partial charge in [-0.25, -0.2) is 8.42 Å². The molecule has 0 unspecified atom stereocenters. The van der Waals surface area contributed by atoms with Crippen LogP contribution in [-0.4, -0.2) is 24.7 Å². The van der Waals surface area contributed by atoms with Crippen LogP contribution in [0.4, 0.5) is 11.4 Å². The van der Waals surface area contributed by atoms with Crippen LogP contribution in [0.25, 0.3) is 0 Å². The van der Waals surface area contributed by atoms with Crippen LogP contribution in [0.3, 0.4) is 0 Å². The molecule has 0 atom stereocenters. The Bertz CT molecular complexity index is 824. The number of benzene rings is 1. The summed E-state index contributed by atoms with van der Waals surface area (Å²) in [7, 11) is -1.87. The summed E-state index contributed by atoms with van der Waals surface area (Å²) >= 11 is 0. The zero-order chi connectivity index (χ0) is 15.4. The average Bonchev–Trinajstić information content (AvgIpc) is 2.93. The van der Waals surface area contributed by atoms with Crippen molar-refractivity contribution >= 4 is 21.4 Å². The number of anilines is 2. The lowest BCUT2D eigenvalue weighted by Gasteiger charge is -2.20. The fourth-order valence-corrected chi connectivity index (χ4v) is 4.82. The SMILES string of the molecule is Cc1nn(C)c(C)c1S(=O)(=O)N1CCc2c(N)cccc21. The van der Waals surface area contributed by atoms with Crippen molar-refractivity contribution in [3.63, 3.8) is 0 Å². The van der Waals surface area contributed by atoms with Gasteiger partial charge in [0.2, 0.25) is 0 Å². The molecule has 0 saturated carbocycles. The Morgan fingerprint density at radius 2 is 2.00 bits per heavy atom.